The van der Waals surface area contributed by atoms with Crippen LogP contribution in [0, 0.1) is 0 Å². The van der Waals surface area contributed by atoms with Gasteiger partial charge in [0.2, 0.25) is 0 Å². The van der Waals surface area contributed by atoms with E-state index >= 15 is 0 Å². The average molecular weight is 276 g/mol. The van der Waals surface area contributed by atoms with Crippen molar-refractivity contribution in [2.24, 2.45) is 5.73 Å². The molecule has 1 aromatic heterocycles. The molecule has 0 aliphatic carbocycles. The quantitative estimate of drug-likeness (QED) is 0.783. The molecule has 0 saturated heterocycles. The van der Waals surface area contributed by atoms with Crippen molar-refractivity contribution in [1.29, 1.82) is 0 Å². The maximum Gasteiger partial charge on any atom is 0.130 e. The molecule has 0 aliphatic rings. The number of hydrogen-bond acceptors (Lipinski definition) is 3. The van der Waals surface area contributed by atoms with Crippen LogP contribution in [-0.4, -0.2) is 4.98 Å². The third kappa shape index (κ3) is 3.27. The first-order valence-electron chi connectivity index (χ1n) is 6.83. The zero-order valence-electron chi connectivity index (χ0n) is 11.6. The number of ether oxygens (including phenoxy) is 1. The van der Waals surface area contributed by atoms with Crippen LogP contribution in [0.15, 0.2) is 72.9 Å². The Morgan fingerprint density at radius 3 is 2.24 bits per heavy atom. The van der Waals surface area contributed by atoms with Gasteiger partial charge in [0.25, 0.3) is 0 Å². The van der Waals surface area contributed by atoms with Gasteiger partial charge >= 0.3 is 0 Å². The number of benzene rings is 2. The lowest BCUT2D eigenvalue weighted by atomic mass is 10.1. The van der Waals surface area contributed by atoms with E-state index in [1.165, 1.54) is 11.1 Å². The van der Waals surface area contributed by atoms with Crippen molar-refractivity contribution >= 4 is 0 Å². The van der Waals surface area contributed by atoms with Crippen LogP contribution >= 0.6 is 0 Å². The van der Waals surface area contributed by atoms with Crippen LogP contribution in [0.3, 0.4) is 0 Å². The van der Waals surface area contributed by atoms with E-state index in [4.69, 9.17) is 10.5 Å². The van der Waals surface area contributed by atoms with E-state index < -0.39 is 0 Å². The molecule has 0 atom stereocenters. The summed E-state index contributed by atoms with van der Waals surface area (Å²) in [6, 6.07) is 22.0. The molecule has 0 bridgehead atoms. The van der Waals surface area contributed by atoms with E-state index in [0.717, 1.165) is 17.2 Å². The van der Waals surface area contributed by atoms with Crippen LogP contribution < -0.4 is 10.5 Å². The first kappa shape index (κ1) is 13.3. The second kappa shape index (κ2) is 6.20. The zero-order chi connectivity index (χ0) is 14.5. The summed E-state index contributed by atoms with van der Waals surface area (Å²) >= 11 is 0. The zero-order valence-corrected chi connectivity index (χ0v) is 11.6. The van der Waals surface area contributed by atoms with Gasteiger partial charge in [-0.2, -0.15) is 0 Å². The number of aromatic nitrogens is 1. The van der Waals surface area contributed by atoms with Gasteiger partial charge in [0, 0.05) is 18.8 Å². The van der Waals surface area contributed by atoms with Crippen molar-refractivity contribution in [3.63, 3.8) is 0 Å². The number of hydrogen-bond donors (Lipinski definition) is 1. The van der Waals surface area contributed by atoms with Crippen LogP contribution in [0.25, 0.3) is 11.1 Å². The van der Waals surface area contributed by atoms with Gasteiger partial charge in [0.15, 0.2) is 0 Å². The van der Waals surface area contributed by atoms with E-state index in [9.17, 15) is 0 Å². The van der Waals surface area contributed by atoms with Crippen LogP contribution in [0.4, 0.5) is 0 Å². The topological polar surface area (TPSA) is 48.1 Å². The Bertz CT molecular complexity index is 709. The number of nitrogens with two attached hydrogens (primary N) is 1. The highest BCUT2D eigenvalue weighted by Gasteiger charge is 2.01. The van der Waals surface area contributed by atoms with Crippen molar-refractivity contribution in [2.75, 3.05) is 0 Å². The van der Waals surface area contributed by atoms with Crippen LogP contribution in [0.1, 0.15) is 5.69 Å². The van der Waals surface area contributed by atoms with Gasteiger partial charge in [0.1, 0.15) is 11.5 Å². The van der Waals surface area contributed by atoms with Crippen molar-refractivity contribution in [3.05, 3.63) is 78.6 Å². The van der Waals surface area contributed by atoms with Gasteiger partial charge in [-0.05, 0) is 29.3 Å². The molecule has 3 nitrogen and oxygen atoms in total. The lowest BCUT2D eigenvalue weighted by molar-refractivity contribution is 0.481. The molecular formula is C18H16N2O. The molecule has 0 unspecified atom stereocenters. The van der Waals surface area contributed by atoms with Gasteiger partial charge in [0.05, 0.1) is 5.69 Å². The highest BCUT2D eigenvalue weighted by Crippen LogP contribution is 2.25. The second-order valence-corrected chi connectivity index (χ2v) is 4.68. The Labute approximate surface area is 124 Å². The van der Waals surface area contributed by atoms with Crippen molar-refractivity contribution in [3.8, 4) is 22.6 Å². The molecule has 104 valence electrons. The standard InChI is InChI=1S/C18H16N2O/c19-13-16-12-18(10-11-20-16)21-17-8-6-15(7-9-17)14-4-2-1-3-5-14/h1-12H,13,19H2. The average Bonchev–Trinajstić information content (AvgIpc) is 2.56. The minimum absolute atomic E-state index is 0.407. The fourth-order valence-electron chi connectivity index (χ4n) is 2.11. The highest BCUT2D eigenvalue weighted by atomic mass is 16.5. The first-order valence-corrected chi connectivity index (χ1v) is 6.83. The van der Waals surface area contributed by atoms with Gasteiger partial charge in [-0.1, -0.05) is 42.5 Å². The summed E-state index contributed by atoms with van der Waals surface area (Å²) in [6.45, 7) is 0.407. The predicted molar refractivity (Wildman–Crippen MR) is 84.1 cm³/mol. The lowest BCUT2D eigenvalue weighted by Gasteiger charge is -2.08. The normalized spacial score (nSPS) is 10.3. The van der Waals surface area contributed by atoms with E-state index in [2.05, 4.69) is 29.2 Å². The maximum absolute atomic E-state index is 5.82. The van der Waals surface area contributed by atoms with E-state index in [1.807, 2.05) is 42.5 Å². The molecular weight excluding hydrogens is 260 g/mol. The fraction of sp³-hybridized carbons (Fsp3) is 0.0556. The molecule has 2 aromatic carbocycles. The minimum atomic E-state index is 0.407. The molecule has 3 aromatic rings. The summed E-state index contributed by atoms with van der Waals surface area (Å²) < 4.78 is 5.82. The smallest absolute Gasteiger partial charge is 0.130 e. The summed E-state index contributed by atoms with van der Waals surface area (Å²) in [5, 5.41) is 0. The number of pyridine rings is 1. The molecule has 0 amide bonds. The third-order valence-electron chi connectivity index (χ3n) is 3.19. The SMILES string of the molecule is NCc1cc(Oc2ccc(-c3ccccc3)cc2)ccn1. The molecule has 3 rings (SSSR count). The molecule has 0 fully saturated rings. The molecule has 0 saturated carbocycles. The monoisotopic (exact) mass is 276 g/mol. The fourth-order valence-corrected chi connectivity index (χ4v) is 2.11. The molecule has 0 aliphatic heterocycles. The van der Waals surface area contributed by atoms with E-state index in [-0.39, 0.29) is 0 Å². The van der Waals surface area contributed by atoms with Crippen LogP contribution in [0.5, 0.6) is 11.5 Å². The lowest BCUT2D eigenvalue weighted by Crippen LogP contribution is -1.99. The molecule has 3 heteroatoms. The molecule has 1 heterocycles. The Morgan fingerprint density at radius 1 is 0.810 bits per heavy atom. The van der Waals surface area contributed by atoms with E-state index in [1.54, 1.807) is 6.20 Å². The van der Waals surface area contributed by atoms with Gasteiger partial charge < -0.3 is 10.5 Å². The Balaban J connectivity index is 1.78. The highest BCUT2D eigenvalue weighted by molar-refractivity contribution is 5.64. The summed E-state index contributed by atoms with van der Waals surface area (Å²) in [6.07, 6.45) is 1.70. The van der Waals surface area contributed by atoms with Crippen molar-refractivity contribution < 1.29 is 4.74 Å². The Kier molecular flexibility index (Phi) is 3.94. The molecule has 21 heavy (non-hydrogen) atoms. The van der Waals surface area contributed by atoms with Gasteiger partial charge in [-0.15, -0.1) is 0 Å². The second-order valence-electron chi connectivity index (χ2n) is 4.68. The number of rotatable bonds is 4. The Hall–Kier alpha value is -2.65. The van der Waals surface area contributed by atoms with Crippen LogP contribution in [0.2, 0.25) is 0 Å². The molecule has 2 N–H and O–H groups in total. The maximum atomic E-state index is 5.82. The summed E-state index contributed by atoms with van der Waals surface area (Å²) in [7, 11) is 0. The predicted octanol–water partition coefficient (Wildman–Crippen LogP) is 4.00. The van der Waals surface area contributed by atoms with E-state index in [0.29, 0.717) is 6.54 Å². The van der Waals surface area contributed by atoms with Crippen LogP contribution in [-0.2, 0) is 6.54 Å². The van der Waals surface area contributed by atoms with Crippen molar-refractivity contribution in [2.45, 2.75) is 6.54 Å². The summed E-state index contributed by atoms with van der Waals surface area (Å²) in [5.41, 5.74) is 8.75. The summed E-state index contributed by atoms with van der Waals surface area (Å²) in [4.78, 5) is 4.15. The largest absolute Gasteiger partial charge is 0.457 e. The molecule has 0 radical (unpaired) electrons. The van der Waals surface area contributed by atoms with Gasteiger partial charge in [-0.3, -0.25) is 4.98 Å². The Morgan fingerprint density at radius 2 is 1.52 bits per heavy atom. The number of nitrogens with zero attached hydrogens (tertiary/aromatic N) is 1. The minimum Gasteiger partial charge on any atom is -0.457 e. The summed E-state index contributed by atoms with van der Waals surface area (Å²) in [5.74, 6) is 1.54. The first-order chi connectivity index (χ1) is 10.3. The third-order valence-corrected chi connectivity index (χ3v) is 3.19. The molecule has 0 spiro atoms. The van der Waals surface area contributed by atoms with Gasteiger partial charge in [-0.25, -0.2) is 0 Å². The van der Waals surface area contributed by atoms with Crippen molar-refractivity contribution in [1.82, 2.24) is 4.98 Å².